The molecule has 6 aliphatic rings. The molecule has 0 spiro atoms. The topological polar surface area (TPSA) is 29.5 Å². The van der Waals surface area contributed by atoms with Crippen LogP contribution in [-0.2, 0) is 4.74 Å². The van der Waals surface area contributed by atoms with Crippen LogP contribution >= 0.6 is 0 Å². The second-order valence-electron chi connectivity index (χ2n) is 15.7. The Hall–Kier alpha value is -0.0800. The SMILES string of the molecule is CC1(C)CC[C@@]23CC[C@]4(C)[C@H](CC[C@H]5[C@@]6(C)CC[C@H](O)C(C)(C)[C@@H]6CC[C@@]54C)[C@@H]2[C@H]1OC3. The Bertz CT molecular complexity index is 801. The van der Waals surface area contributed by atoms with E-state index in [9.17, 15) is 5.11 Å². The van der Waals surface area contributed by atoms with Gasteiger partial charge in [0, 0.05) is 0 Å². The third-order valence-corrected chi connectivity index (χ3v) is 14.1. The Morgan fingerprint density at radius 3 is 2.16 bits per heavy atom. The highest BCUT2D eigenvalue weighted by Crippen LogP contribution is 2.78. The molecule has 0 amide bonds. The fourth-order valence-electron chi connectivity index (χ4n) is 12.0. The summed E-state index contributed by atoms with van der Waals surface area (Å²) >= 11 is 0. The highest BCUT2D eigenvalue weighted by Gasteiger charge is 2.72. The van der Waals surface area contributed by atoms with E-state index in [0.29, 0.717) is 39.1 Å². The number of hydrogen-bond donors (Lipinski definition) is 1. The molecule has 0 unspecified atom stereocenters. The summed E-state index contributed by atoms with van der Waals surface area (Å²) in [5, 5.41) is 10.9. The lowest BCUT2D eigenvalue weighted by molar-refractivity contribution is -0.252. The second kappa shape index (κ2) is 6.37. The molecule has 0 aromatic rings. The van der Waals surface area contributed by atoms with Crippen LogP contribution in [0, 0.1) is 56.2 Å². The lowest BCUT2D eigenvalue weighted by Crippen LogP contribution is -2.67. The number of rotatable bonds is 0. The molecule has 182 valence electrons. The van der Waals surface area contributed by atoms with Crippen LogP contribution in [0.4, 0.5) is 0 Å². The molecule has 0 aromatic heterocycles. The molecule has 0 aromatic carbocycles. The van der Waals surface area contributed by atoms with Crippen LogP contribution in [0.25, 0.3) is 0 Å². The molecule has 6 fully saturated rings. The van der Waals surface area contributed by atoms with Crippen LogP contribution in [0.15, 0.2) is 0 Å². The molecule has 10 atom stereocenters. The van der Waals surface area contributed by atoms with E-state index in [-0.39, 0.29) is 11.5 Å². The molecule has 1 saturated heterocycles. The first kappa shape index (κ1) is 22.4. The summed E-state index contributed by atoms with van der Waals surface area (Å²) in [5.74, 6) is 3.11. The van der Waals surface area contributed by atoms with Crippen molar-refractivity contribution in [3.8, 4) is 0 Å². The highest BCUT2D eigenvalue weighted by atomic mass is 16.5. The van der Waals surface area contributed by atoms with Gasteiger partial charge in [-0.15, -0.1) is 0 Å². The van der Waals surface area contributed by atoms with E-state index < -0.39 is 0 Å². The molecule has 1 N–H and O–H groups in total. The normalized spacial score (nSPS) is 60.0. The van der Waals surface area contributed by atoms with E-state index in [0.717, 1.165) is 30.8 Å². The molecule has 2 nitrogen and oxygen atoms in total. The predicted molar refractivity (Wildman–Crippen MR) is 130 cm³/mol. The van der Waals surface area contributed by atoms with Gasteiger partial charge in [-0.1, -0.05) is 48.5 Å². The number of fused-ring (bicyclic) bond motifs is 5. The number of hydrogen-bond acceptors (Lipinski definition) is 2. The Balaban J connectivity index is 1.39. The summed E-state index contributed by atoms with van der Waals surface area (Å²) < 4.78 is 6.71. The maximum atomic E-state index is 10.9. The van der Waals surface area contributed by atoms with Crippen molar-refractivity contribution in [2.24, 2.45) is 56.2 Å². The minimum absolute atomic E-state index is 0.0586. The summed E-state index contributed by atoms with van der Waals surface area (Å²) in [6.07, 6.45) is 13.7. The zero-order valence-electron chi connectivity index (χ0n) is 22.1. The number of aliphatic hydroxyl groups excluding tert-OH is 1. The molecule has 5 saturated carbocycles. The largest absolute Gasteiger partial charge is 0.393 e. The van der Waals surface area contributed by atoms with Gasteiger partial charge in [0.05, 0.1) is 18.8 Å². The van der Waals surface area contributed by atoms with Crippen molar-refractivity contribution < 1.29 is 9.84 Å². The van der Waals surface area contributed by atoms with E-state index in [2.05, 4.69) is 48.5 Å². The van der Waals surface area contributed by atoms with E-state index in [1.165, 1.54) is 57.8 Å². The summed E-state index contributed by atoms with van der Waals surface area (Å²) in [6.45, 7) is 18.9. The summed E-state index contributed by atoms with van der Waals surface area (Å²) in [4.78, 5) is 0. The van der Waals surface area contributed by atoms with Crippen molar-refractivity contribution in [3.05, 3.63) is 0 Å². The Labute approximate surface area is 197 Å². The molecule has 1 heterocycles. The number of aliphatic hydroxyl groups is 1. The molecule has 2 heteroatoms. The third kappa shape index (κ3) is 2.41. The summed E-state index contributed by atoms with van der Waals surface area (Å²) in [7, 11) is 0. The number of ether oxygens (including phenoxy) is 1. The van der Waals surface area contributed by atoms with E-state index in [1.807, 2.05) is 0 Å². The monoisotopic (exact) mass is 442 g/mol. The first-order chi connectivity index (χ1) is 14.8. The molecule has 6 rings (SSSR count). The van der Waals surface area contributed by atoms with Gasteiger partial charge in [-0.25, -0.2) is 0 Å². The van der Waals surface area contributed by atoms with Crippen LogP contribution in [0.1, 0.15) is 113 Å². The van der Waals surface area contributed by atoms with Gasteiger partial charge in [-0.05, 0) is 120 Å². The predicted octanol–water partition coefficient (Wildman–Crippen LogP) is 7.24. The highest BCUT2D eigenvalue weighted by molar-refractivity contribution is 5.21. The van der Waals surface area contributed by atoms with Crippen LogP contribution in [0.5, 0.6) is 0 Å². The lowest BCUT2D eigenvalue weighted by atomic mass is 9.31. The molecule has 1 aliphatic heterocycles. The van der Waals surface area contributed by atoms with E-state index >= 15 is 0 Å². The van der Waals surface area contributed by atoms with Crippen molar-refractivity contribution in [2.45, 2.75) is 125 Å². The second-order valence-corrected chi connectivity index (χ2v) is 15.7. The average Bonchev–Trinajstić information content (AvgIpc) is 3.05. The Morgan fingerprint density at radius 1 is 0.688 bits per heavy atom. The zero-order valence-corrected chi connectivity index (χ0v) is 22.1. The van der Waals surface area contributed by atoms with Crippen molar-refractivity contribution >= 4 is 0 Å². The third-order valence-electron chi connectivity index (χ3n) is 14.1. The molecular formula is C30H50O2. The summed E-state index contributed by atoms with van der Waals surface area (Å²) in [5.41, 5.74) is 2.16. The zero-order chi connectivity index (χ0) is 22.9. The minimum Gasteiger partial charge on any atom is -0.393 e. The van der Waals surface area contributed by atoms with Crippen molar-refractivity contribution in [1.82, 2.24) is 0 Å². The molecule has 0 radical (unpaired) electrons. The first-order valence-corrected chi connectivity index (χ1v) is 14.1. The fraction of sp³-hybridized carbons (Fsp3) is 1.00. The summed E-state index contributed by atoms with van der Waals surface area (Å²) in [6, 6.07) is 0. The van der Waals surface area contributed by atoms with Gasteiger partial charge in [0.2, 0.25) is 0 Å². The fourth-order valence-corrected chi connectivity index (χ4v) is 12.0. The van der Waals surface area contributed by atoms with Gasteiger partial charge in [0.15, 0.2) is 0 Å². The van der Waals surface area contributed by atoms with Crippen LogP contribution in [-0.4, -0.2) is 23.9 Å². The van der Waals surface area contributed by atoms with Gasteiger partial charge in [-0.3, -0.25) is 0 Å². The first-order valence-electron chi connectivity index (χ1n) is 14.1. The Morgan fingerprint density at radius 2 is 1.41 bits per heavy atom. The van der Waals surface area contributed by atoms with Crippen LogP contribution in [0.3, 0.4) is 0 Å². The minimum atomic E-state index is -0.122. The van der Waals surface area contributed by atoms with Crippen molar-refractivity contribution in [2.75, 3.05) is 6.61 Å². The Kier molecular flexibility index (Phi) is 4.46. The van der Waals surface area contributed by atoms with Gasteiger partial charge in [0.1, 0.15) is 0 Å². The maximum absolute atomic E-state index is 10.9. The van der Waals surface area contributed by atoms with Crippen LogP contribution in [0.2, 0.25) is 0 Å². The van der Waals surface area contributed by atoms with Crippen molar-refractivity contribution in [1.29, 1.82) is 0 Å². The van der Waals surface area contributed by atoms with Gasteiger partial charge < -0.3 is 9.84 Å². The van der Waals surface area contributed by atoms with Gasteiger partial charge in [0.25, 0.3) is 0 Å². The van der Waals surface area contributed by atoms with Gasteiger partial charge in [-0.2, -0.15) is 0 Å². The lowest BCUT2D eigenvalue weighted by Gasteiger charge is -2.73. The molecule has 2 bridgehead atoms. The van der Waals surface area contributed by atoms with E-state index in [1.54, 1.807) is 0 Å². The van der Waals surface area contributed by atoms with Gasteiger partial charge >= 0.3 is 0 Å². The smallest absolute Gasteiger partial charge is 0.0663 e. The quantitative estimate of drug-likeness (QED) is 0.428. The maximum Gasteiger partial charge on any atom is 0.0663 e. The van der Waals surface area contributed by atoms with E-state index in [4.69, 9.17) is 4.74 Å². The van der Waals surface area contributed by atoms with Crippen LogP contribution < -0.4 is 0 Å². The standard InChI is InChI=1S/C30H50O2/c1-25(2)14-16-30-17-15-28(6)19(23(30)24(25)32-18-30)8-9-21-27(5)12-11-22(31)26(3,4)20(27)10-13-29(21,28)7/h19-24,31H,8-18H2,1-7H3/t19-,20+,21+,22+,23-,24-,27+,28-,29+,30+/m1/s1. The average molecular weight is 443 g/mol. The molecule has 32 heavy (non-hydrogen) atoms. The molecule has 5 aliphatic carbocycles. The molecular weight excluding hydrogens is 392 g/mol. The van der Waals surface area contributed by atoms with Crippen molar-refractivity contribution in [3.63, 3.8) is 0 Å².